The van der Waals surface area contributed by atoms with Crippen molar-refractivity contribution >= 4 is 22.7 Å². The number of carbonyl (C=O) groups excluding carboxylic acids is 1. The summed E-state index contributed by atoms with van der Waals surface area (Å²) in [4.78, 5) is 13.6. The number of alkyl halides is 2. The number of likely N-dealkylation sites (tertiary alicyclic amines) is 1. The van der Waals surface area contributed by atoms with E-state index in [1.54, 1.807) is 6.07 Å². The Labute approximate surface area is 120 Å². The number of benzene rings is 1. The number of piperidine rings is 1. The summed E-state index contributed by atoms with van der Waals surface area (Å²) in [7, 11) is 0. The molecule has 2 heterocycles. The minimum Gasteiger partial charge on any atom is -0.459 e. The van der Waals surface area contributed by atoms with Crippen molar-refractivity contribution in [1.29, 1.82) is 0 Å². The molecule has 6 heteroatoms. The molecule has 0 atom stereocenters. The Morgan fingerprint density at radius 2 is 2.05 bits per heavy atom. The van der Waals surface area contributed by atoms with Gasteiger partial charge in [0, 0.05) is 31.3 Å². The Balaban J connectivity index is 1.75. The fourth-order valence-electron chi connectivity index (χ4n) is 2.52. The van der Waals surface area contributed by atoms with E-state index >= 15 is 0 Å². The highest BCUT2D eigenvalue weighted by Gasteiger charge is 2.35. The number of amides is 2. The molecule has 1 aliphatic rings. The van der Waals surface area contributed by atoms with Gasteiger partial charge in [-0.05, 0) is 19.1 Å². The molecular formula is C15H16F2N2O2. The first-order valence-corrected chi connectivity index (χ1v) is 6.87. The van der Waals surface area contributed by atoms with Crippen molar-refractivity contribution in [3.8, 4) is 0 Å². The molecule has 1 aromatic carbocycles. The van der Waals surface area contributed by atoms with Crippen molar-refractivity contribution in [2.75, 3.05) is 18.4 Å². The number of halogens is 2. The fourth-order valence-corrected chi connectivity index (χ4v) is 2.52. The molecule has 112 valence electrons. The smallest absolute Gasteiger partial charge is 0.321 e. The van der Waals surface area contributed by atoms with Crippen LogP contribution in [0.4, 0.5) is 19.3 Å². The largest absolute Gasteiger partial charge is 0.459 e. The van der Waals surface area contributed by atoms with Gasteiger partial charge in [-0.2, -0.15) is 0 Å². The van der Waals surface area contributed by atoms with Gasteiger partial charge in [-0.15, -0.1) is 0 Å². The molecule has 0 aliphatic carbocycles. The van der Waals surface area contributed by atoms with Gasteiger partial charge in [0.25, 0.3) is 5.92 Å². The third-order valence-electron chi connectivity index (χ3n) is 3.69. The van der Waals surface area contributed by atoms with Crippen molar-refractivity contribution in [2.24, 2.45) is 0 Å². The van der Waals surface area contributed by atoms with Gasteiger partial charge in [0.15, 0.2) is 5.58 Å². The average Bonchev–Trinajstić information content (AvgIpc) is 2.80. The molecule has 0 unspecified atom stereocenters. The van der Waals surface area contributed by atoms with Gasteiger partial charge in [-0.25, -0.2) is 13.6 Å². The van der Waals surface area contributed by atoms with Crippen molar-refractivity contribution in [1.82, 2.24) is 4.90 Å². The molecule has 1 aromatic heterocycles. The minimum absolute atomic E-state index is 0.0615. The number of nitrogens with one attached hydrogen (secondary N) is 1. The van der Waals surface area contributed by atoms with Crippen LogP contribution in [0.1, 0.15) is 18.6 Å². The monoisotopic (exact) mass is 294 g/mol. The lowest BCUT2D eigenvalue weighted by Gasteiger charge is -2.31. The summed E-state index contributed by atoms with van der Waals surface area (Å²) < 4.78 is 31.8. The predicted molar refractivity (Wildman–Crippen MR) is 75.7 cm³/mol. The van der Waals surface area contributed by atoms with Gasteiger partial charge in [-0.1, -0.05) is 12.1 Å². The fraction of sp³-hybridized carbons (Fsp3) is 0.400. The Kier molecular flexibility index (Phi) is 3.31. The number of para-hydroxylation sites is 1. The molecule has 1 aliphatic heterocycles. The van der Waals surface area contributed by atoms with Crippen LogP contribution in [0.15, 0.2) is 28.7 Å². The topological polar surface area (TPSA) is 45.5 Å². The number of furan rings is 1. The minimum atomic E-state index is -2.66. The second-order valence-corrected chi connectivity index (χ2v) is 5.35. The highest BCUT2D eigenvalue weighted by atomic mass is 19.3. The number of hydrogen-bond donors (Lipinski definition) is 1. The maximum Gasteiger partial charge on any atom is 0.321 e. The average molecular weight is 294 g/mol. The van der Waals surface area contributed by atoms with Crippen molar-refractivity contribution in [3.63, 3.8) is 0 Å². The molecule has 21 heavy (non-hydrogen) atoms. The quantitative estimate of drug-likeness (QED) is 0.864. The van der Waals surface area contributed by atoms with E-state index in [0.717, 1.165) is 11.1 Å². The molecule has 1 saturated heterocycles. The van der Waals surface area contributed by atoms with Crippen molar-refractivity contribution in [3.05, 3.63) is 30.0 Å². The lowest BCUT2D eigenvalue weighted by molar-refractivity contribution is -0.0461. The summed E-state index contributed by atoms with van der Waals surface area (Å²) in [6, 6.07) is 6.96. The molecule has 0 bridgehead atoms. The van der Waals surface area contributed by atoms with Crippen molar-refractivity contribution in [2.45, 2.75) is 25.7 Å². The number of nitrogens with zero attached hydrogens (tertiary/aromatic N) is 1. The van der Waals surface area contributed by atoms with E-state index in [-0.39, 0.29) is 32.0 Å². The zero-order valence-electron chi connectivity index (χ0n) is 11.7. The molecule has 1 N–H and O–H groups in total. The van der Waals surface area contributed by atoms with Crippen LogP contribution >= 0.6 is 0 Å². The highest BCUT2D eigenvalue weighted by Crippen LogP contribution is 2.29. The Morgan fingerprint density at radius 1 is 1.33 bits per heavy atom. The third-order valence-corrected chi connectivity index (χ3v) is 3.69. The standard InChI is InChI=1S/C15H16F2N2O2/c1-10-9-11-3-2-4-12(13(11)21-10)18-14(20)19-7-5-15(16,17)6-8-19/h2-4,9H,5-8H2,1H3,(H,18,20). The summed E-state index contributed by atoms with van der Waals surface area (Å²) in [6.45, 7) is 1.95. The van der Waals surface area contributed by atoms with Gasteiger partial charge in [0.1, 0.15) is 5.76 Å². The van der Waals surface area contributed by atoms with Crippen LogP contribution in [0.2, 0.25) is 0 Å². The summed E-state index contributed by atoms with van der Waals surface area (Å²) >= 11 is 0. The van der Waals surface area contributed by atoms with E-state index in [4.69, 9.17) is 4.42 Å². The number of carbonyl (C=O) groups is 1. The number of anilines is 1. The summed E-state index contributed by atoms with van der Waals surface area (Å²) in [6.07, 6.45) is -0.574. The van der Waals surface area contributed by atoms with Gasteiger partial charge in [0.05, 0.1) is 5.69 Å². The van der Waals surface area contributed by atoms with Crippen LogP contribution in [0.25, 0.3) is 11.0 Å². The van der Waals surface area contributed by atoms with E-state index in [1.807, 2.05) is 25.1 Å². The first-order valence-electron chi connectivity index (χ1n) is 6.87. The number of fused-ring (bicyclic) bond motifs is 1. The first kappa shape index (κ1) is 13.9. The van der Waals surface area contributed by atoms with Gasteiger partial charge in [0.2, 0.25) is 0 Å². The molecule has 0 spiro atoms. The molecular weight excluding hydrogens is 278 g/mol. The summed E-state index contributed by atoms with van der Waals surface area (Å²) in [5, 5.41) is 3.64. The lowest BCUT2D eigenvalue weighted by Crippen LogP contribution is -2.44. The van der Waals surface area contributed by atoms with Crippen LogP contribution in [-0.2, 0) is 0 Å². The SMILES string of the molecule is Cc1cc2cccc(NC(=O)N3CCC(F)(F)CC3)c2o1. The molecule has 0 radical (unpaired) electrons. The normalized spacial score (nSPS) is 18.0. The van der Waals surface area contributed by atoms with E-state index < -0.39 is 5.92 Å². The molecule has 2 aromatic rings. The van der Waals surface area contributed by atoms with E-state index in [1.165, 1.54) is 4.90 Å². The predicted octanol–water partition coefficient (Wildman–Crippen LogP) is 4.00. The molecule has 2 amide bonds. The van der Waals surface area contributed by atoms with Gasteiger partial charge in [-0.3, -0.25) is 0 Å². The lowest BCUT2D eigenvalue weighted by atomic mass is 10.1. The maximum atomic E-state index is 13.1. The van der Waals surface area contributed by atoms with E-state index in [9.17, 15) is 13.6 Å². The van der Waals surface area contributed by atoms with Crippen LogP contribution in [0.3, 0.4) is 0 Å². The van der Waals surface area contributed by atoms with Crippen LogP contribution in [0, 0.1) is 6.92 Å². The molecule has 1 fully saturated rings. The number of urea groups is 1. The Hall–Kier alpha value is -2.11. The van der Waals surface area contributed by atoms with Gasteiger partial charge >= 0.3 is 6.03 Å². The second kappa shape index (κ2) is 5.02. The van der Waals surface area contributed by atoms with Crippen LogP contribution in [-0.4, -0.2) is 29.9 Å². The second-order valence-electron chi connectivity index (χ2n) is 5.35. The van der Waals surface area contributed by atoms with Crippen LogP contribution in [0.5, 0.6) is 0 Å². The van der Waals surface area contributed by atoms with E-state index in [0.29, 0.717) is 11.3 Å². The number of hydrogen-bond acceptors (Lipinski definition) is 2. The Morgan fingerprint density at radius 3 is 2.76 bits per heavy atom. The van der Waals surface area contributed by atoms with Crippen LogP contribution < -0.4 is 5.32 Å². The maximum absolute atomic E-state index is 13.1. The highest BCUT2D eigenvalue weighted by molar-refractivity contribution is 5.99. The zero-order chi connectivity index (χ0) is 15.0. The number of aryl methyl sites for hydroxylation is 1. The third kappa shape index (κ3) is 2.84. The zero-order valence-corrected chi connectivity index (χ0v) is 11.7. The summed E-state index contributed by atoms with van der Waals surface area (Å²) in [5.41, 5.74) is 1.16. The van der Waals surface area contributed by atoms with Gasteiger partial charge < -0.3 is 14.6 Å². The first-order chi connectivity index (χ1) is 9.94. The van der Waals surface area contributed by atoms with Crippen molar-refractivity contribution < 1.29 is 18.0 Å². The Bertz CT molecular complexity index is 671. The molecule has 3 rings (SSSR count). The molecule has 0 saturated carbocycles. The molecule has 4 nitrogen and oxygen atoms in total. The number of rotatable bonds is 1. The van der Waals surface area contributed by atoms with E-state index in [2.05, 4.69) is 5.32 Å². The summed E-state index contributed by atoms with van der Waals surface area (Å²) in [5.74, 6) is -1.90.